The van der Waals surface area contributed by atoms with Crippen LogP contribution in [-0.2, 0) is 22.3 Å². The Morgan fingerprint density at radius 2 is 1.16 bits per heavy atom. The zero-order chi connectivity index (χ0) is 37.3. The molecule has 0 saturated carbocycles. The minimum Gasteiger partial charge on any atom is -0.507 e. The number of phenols is 3. The van der Waals surface area contributed by atoms with Crippen molar-refractivity contribution in [3.8, 4) is 23.0 Å². The van der Waals surface area contributed by atoms with Crippen molar-refractivity contribution in [3.63, 3.8) is 0 Å². The van der Waals surface area contributed by atoms with Crippen molar-refractivity contribution in [1.82, 2.24) is 0 Å². The molecule has 2 aromatic carbocycles. The topological polar surface area (TPSA) is 88.4 Å². The number of hydrogen-bond acceptors (Lipinski definition) is 6. The summed E-state index contributed by atoms with van der Waals surface area (Å²) in [6, 6.07) is 7.70. The first kappa shape index (κ1) is 42.8. The van der Waals surface area contributed by atoms with Crippen molar-refractivity contribution in [3.05, 3.63) is 82.2 Å². The number of unbranched alkanes of at least 4 members (excludes halogenated alkanes) is 4. The van der Waals surface area contributed by atoms with Gasteiger partial charge in [0.1, 0.15) is 23.0 Å². The van der Waals surface area contributed by atoms with Gasteiger partial charge in [-0.05, 0) is 120 Å². The lowest BCUT2D eigenvalue weighted by molar-refractivity contribution is -0.134. The zero-order valence-corrected chi connectivity index (χ0v) is 32.8. The lowest BCUT2D eigenvalue weighted by Crippen LogP contribution is -2.31. The summed E-state index contributed by atoms with van der Waals surface area (Å²) in [4.78, 5) is 0. The van der Waals surface area contributed by atoms with Crippen LogP contribution in [0.25, 0.3) is 0 Å². The van der Waals surface area contributed by atoms with Crippen molar-refractivity contribution >= 4 is 0 Å². The predicted molar refractivity (Wildman–Crippen MR) is 209 cm³/mol. The van der Waals surface area contributed by atoms with Gasteiger partial charge < -0.3 is 29.5 Å². The van der Waals surface area contributed by atoms with Gasteiger partial charge >= 0.3 is 0 Å². The summed E-state index contributed by atoms with van der Waals surface area (Å²) >= 11 is 0. The molecule has 0 spiro atoms. The molecule has 0 heterocycles. The van der Waals surface area contributed by atoms with Crippen LogP contribution in [0.1, 0.15) is 160 Å². The average molecular weight is 693 g/mol. The summed E-state index contributed by atoms with van der Waals surface area (Å²) in [7, 11) is 3.25. The third-order valence-electron chi connectivity index (χ3n) is 9.60. The molecule has 0 aromatic heterocycles. The molecule has 6 nitrogen and oxygen atoms in total. The molecule has 2 aliphatic carbocycles. The van der Waals surface area contributed by atoms with Crippen LogP contribution in [0.15, 0.2) is 59.9 Å². The average Bonchev–Trinajstić information content (AvgIpc) is 3.05. The fourth-order valence-corrected chi connectivity index (χ4v) is 6.61. The fraction of sp³-hybridized carbons (Fsp3) is 0.591. The molecule has 2 unspecified atom stereocenters. The van der Waals surface area contributed by atoms with Gasteiger partial charge in [0.25, 0.3) is 0 Å². The normalized spacial score (nSPS) is 17.3. The number of allylic oxidation sites excluding steroid dienone is 5. The van der Waals surface area contributed by atoms with Gasteiger partial charge in [-0.15, -0.1) is 0 Å². The number of aromatic hydroxyl groups is 3. The molecule has 2 aliphatic rings. The Morgan fingerprint density at radius 3 is 1.56 bits per heavy atom. The van der Waals surface area contributed by atoms with Crippen LogP contribution in [-0.4, -0.2) is 35.3 Å². The Labute approximate surface area is 304 Å². The van der Waals surface area contributed by atoms with Gasteiger partial charge in [0.2, 0.25) is 5.79 Å². The highest BCUT2D eigenvalue weighted by Crippen LogP contribution is 2.44. The third kappa shape index (κ3) is 14.5. The first-order chi connectivity index (χ1) is 23.7. The van der Waals surface area contributed by atoms with Crippen LogP contribution in [0.5, 0.6) is 23.0 Å². The Kier molecular flexibility index (Phi) is 18.6. The molecule has 0 radical (unpaired) electrons. The minimum absolute atomic E-state index is 0.161. The maximum Gasteiger partial charge on any atom is 0.204 e. The molecular formula is C44H68O6. The van der Waals surface area contributed by atoms with E-state index in [1.165, 1.54) is 36.8 Å². The van der Waals surface area contributed by atoms with E-state index >= 15 is 0 Å². The SMILES string of the molecule is C=C(C)OC.CCCCCc1cc(O)c(C2C=C(C)CCC2)c(O)c1.CCCCCc1cc(O)c(C2C=C(C)CCC2)c(OC(C)(C)OC)c1. The Morgan fingerprint density at radius 1 is 0.740 bits per heavy atom. The van der Waals surface area contributed by atoms with Crippen LogP contribution in [0.4, 0.5) is 0 Å². The minimum atomic E-state index is -0.726. The van der Waals surface area contributed by atoms with Crippen molar-refractivity contribution < 1.29 is 29.5 Å². The molecule has 280 valence electrons. The van der Waals surface area contributed by atoms with Gasteiger partial charge in [-0.25, -0.2) is 0 Å². The first-order valence-corrected chi connectivity index (χ1v) is 18.9. The number of hydrogen-bond donors (Lipinski definition) is 3. The molecule has 50 heavy (non-hydrogen) atoms. The second-order valence-electron chi connectivity index (χ2n) is 14.6. The molecular weight excluding hydrogens is 624 g/mol. The number of rotatable bonds is 14. The summed E-state index contributed by atoms with van der Waals surface area (Å²) in [6.45, 7) is 17.7. The maximum absolute atomic E-state index is 10.8. The summed E-state index contributed by atoms with van der Waals surface area (Å²) in [5, 5.41) is 31.3. The van der Waals surface area contributed by atoms with Crippen LogP contribution in [0.3, 0.4) is 0 Å². The summed E-state index contributed by atoms with van der Waals surface area (Å²) < 4.78 is 16.2. The smallest absolute Gasteiger partial charge is 0.204 e. The van der Waals surface area contributed by atoms with E-state index in [4.69, 9.17) is 9.47 Å². The van der Waals surface area contributed by atoms with E-state index in [0.29, 0.717) is 11.3 Å². The molecule has 0 bridgehead atoms. The zero-order valence-electron chi connectivity index (χ0n) is 32.8. The largest absolute Gasteiger partial charge is 0.507 e. The Hall–Kier alpha value is -3.38. The highest BCUT2D eigenvalue weighted by atomic mass is 16.7. The van der Waals surface area contributed by atoms with E-state index in [1.54, 1.807) is 21.1 Å². The summed E-state index contributed by atoms with van der Waals surface area (Å²) in [5.74, 6) is 2.03. The summed E-state index contributed by atoms with van der Waals surface area (Å²) in [6.07, 6.45) is 20.0. The number of phenolic OH excluding ortho intramolecular Hbond substituents is 3. The molecule has 3 N–H and O–H groups in total. The number of methoxy groups -OCH3 is 2. The van der Waals surface area contributed by atoms with Crippen molar-refractivity contribution in [1.29, 1.82) is 0 Å². The number of ether oxygens (including phenoxy) is 3. The van der Waals surface area contributed by atoms with Gasteiger partial charge in [0, 0.05) is 43.9 Å². The van der Waals surface area contributed by atoms with Gasteiger partial charge in [-0.2, -0.15) is 0 Å². The van der Waals surface area contributed by atoms with Gasteiger partial charge in [-0.1, -0.05) is 69.4 Å². The fourth-order valence-electron chi connectivity index (χ4n) is 6.61. The van der Waals surface area contributed by atoms with Crippen LogP contribution in [0, 0.1) is 0 Å². The van der Waals surface area contributed by atoms with Gasteiger partial charge in [0.05, 0.1) is 12.9 Å². The highest BCUT2D eigenvalue weighted by molar-refractivity contribution is 5.52. The number of benzene rings is 2. The monoisotopic (exact) mass is 693 g/mol. The van der Waals surface area contributed by atoms with Crippen LogP contribution < -0.4 is 4.74 Å². The first-order valence-electron chi connectivity index (χ1n) is 18.9. The molecule has 0 saturated heterocycles. The molecule has 6 heteroatoms. The van der Waals surface area contributed by atoms with Gasteiger partial charge in [0.15, 0.2) is 0 Å². The Bertz CT molecular complexity index is 1380. The van der Waals surface area contributed by atoms with E-state index in [1.807, 2.05) is 32.0 Å². The molecule has 0 amide bonds. The molecule has 0 fully saturated rings. The summed E-state index contributed by atoms with van der Waals surface area (Å²) in [5.41, 5.74) is 6.53. The molecule has 4 rings (SSSR count). The van der Waals surface area contributed by atoms with E-state index in [9.17, 15) is 15.3 Å². The lowest BCUT2D eigenvalue weighted by Gasteiger charge is -2.29. The second-order valence-corrected chi connectivity index (χ2v) is 14.6. The van der Waals surface area contributed by atoms with Crippen LogP contribution in [0.2, 0.25) is 0 Å². The maximum atomic E-state index is 10.8. The van der Waals surface area contributed by atoms with E-state index < -0.39 is 5.79 Å². The van der Waals surface area contributed by atoms with Crippen molar-refractivity contribution in [2.24, 2.45) is 0 Å². The van der Waals surface area contributed by atoms with Crippen molar-refractivity contribution in [2.45, 2.75) is 156 Å². The number of aryl methyl sites for hydroxylation is 2. The third-order valence-corrected chi connectivity index (χ3v) is 9.60. The second kappa shape index (κ2) is 21.8. The van der Waals surface area contributed by atoms with Gasteiger partial charge in [-0.3, -0.25) is 0 Å². The standard InChI is InChI=1S/C22H34O3.C18H26O2.C4H8O/c1-6-7-8-11-17-14-19(23)21(18-12-9-10-16(2)13-18)20(15-17)25-22(3,4)24-5;1-3-4-5-8-14-11-16(19)18(17(20)12-14)15-9-6-7-13(2)10-15;1-4(2)5-3/h13-15,18,23H,6-12H2,1-5H3;10-12,15,19-20H,3-9H2,1-2H3;1H2,2-3H3. The predicted octanol–water partition coefficient (Wildman–Crippen LogP) is 12.3. The lowest BCUT2D eigenvalue weighted by atomic mass is 9.84. The van der Waals surface area contributed by atoms with Crippen molar-refractivity contribution in [2.75, 3.05) is 14.2 Å². The van der Waals surface area contributed by atoms with E-state index in [2.05, 4.69) is 57.2 Å². The molecule has 2 aromatic rings. The van der Waals surface area contributed by atoms with Crippen LogP contribution >= 0.6 is 0 Å². The Balaban J connectivity index is 0.000000311. The molecule has 2 atom stereocenters. The quantitative estimate of drug-likeness (QED) is 0.0790. The van der Waals surface area contributed by atoms with E-state index in [-0.39, 0.29) is 23.3 Å². The molecule has 0 aliphatic heterocycles. The highest BCUT2D eigenvalue weighted by Gasteiger charge is 2.27. The van der Waals surface area contributed by atoms with E-state index in [0.717, 1.165) is 92.4 Å².